The average Bonchev–Trinajstić information content (AvgIpc) is 2.87. The Hall–Kier alpha value is -3.34. The summed E-state index contributed by atoms with van der Waals surface area (Å²) >= 11 is 0. The first-order chi connectivity index (χ1) is 11.2. The molecule has 0 bridgehead atoms. The lowest BCUT2D eigenvalue weighted by molar-refractivity contribution is 0.476. The summed E-state index contributed by atoms with van der Waals surface area (Å²) in [5.41, 5.74) is 1.76. The molecular weight excluding hydrogens is 292 g/mol. The predicted molar refractivity (Wildman–Crippen MR) is 88.5 cm³/mol. The summed E-state index contributed by atoms with van der Waals surface area (Å²) in [5.74, 6) is 0.0829. The largest absolute Gasteiger partial charge is 0.508 e. The molecule has 0 aliphatic heterocycles. The zero-order valence-electron chi connectivity index (χ0n) is 11.8. The third-order valence-corrected chi connectivity index (χ3v) is 4.37. The fourth-order valence-corrected chi connectivity index (χ4v) is 3.43. The van der Waals surface area contributed by atoms with Crippen molar-refractivity contribution >= 4 is 38.1 Å². The van der Waals surface area contributed by atoms with Crippen LogP contribution in [0.3, 0.4) is 0 Å². The first kappa shape index (κ1) is 12.2. The highest BCUT2D eigenvalue weighted by molar-refractivity contribution is 6.19. The van der Waals surface area contributed by atoms with E-state index in [1.54, 1.807) is 40.9 Å². The van der Waals surface area contributed by atoms with E-state index in [4.69, 9.17) is 0 Å². The van der Waals surface area contributed by atoms with Crippen LogP contribution in [0.15, 0.2) is 53.5 Å². The van der Waals surface area contributed by atoms with Crippen LogP contribution in [0.25, 0.3) is 38.1 Å². The standard InChI is InChI=1S/C18H10N2O3/c21-9-4-5-13-12(8-9)10-6-7-19-16-11-2-1-3-14(22)15(11)18(23)20(13)17(10)16/h1-8,21-22H. The van der Waals surface area contributed by atoms with Crippen LogP contribution in [0.1, 0.15) is 0 Å². The van der Waals surface area contributed by atoms with E-state index in [-0.39, 0.29) is 22.4 Å². The van der Waals surface area contributed by atoms with Crippen LogP contribution < -0.4 is 5.56 Å². The zero-order chi connectivity index (χ0) is 15.7. The van der Waals surface area contributed by atoms with E-state index in [0.29, 0.717) is 21.9 Å². The maximum absolute atomic E-state index is 13.0. The Morgan fingerprint density at radius 1 is 0.957 bits per heavy atom. The van der Waals surface area contributed by atoms with Gasteiger partial charge in [0.25, 0.3) is 5.56 Å². The molecule has 2 N–H and O–H groups in total. The smallest absolute Gasteiger partial charge is 0.267 e. The van der Waals surface area contributed by atoms with Gasteiger partial charge in [-0.2, -0.15) is 0 Å². The third-order valence-electron chi connectivity index (χ3n) is 4.37. The van der Waals surface area contributed by atoms with Gasteiger partial charge in [-0.15, -0.1) is 0 Å². The van der Waals surface area contributed by atoms with Crippen LogP contribution in [-0.4, -0.2) is 19.6 Å². The molecule has 3 heterocycles. The number of phenolic OH excluding ortho intramolecular Hbond substituents is 2. The number of nitrogens with zero attached hydrogens (tertiary/aromatic N) is 2. The maximum atomic E-state index is 13.0. The summed E-state index contributed by atoms with van der Waals surface area (Å²) < 4.78 is 1.56. The summed E-state index contributed by atoms with van der Waals surface area (Å²) in [5, 5.41) is 22.5. The van der Waals surface area contributed by atoms with Crippen LogP contribution in [0.4, 0.5) is 0 Å². The highest BCUT2D eigenvalue weighted by Gasteiger charge is 2.19. The van der Waals surface area contributed by atoms with Gasteiger partial charge in [-0.3, -0.25) is 14.2 Å². The molecule has 0 unspecified atom stereocenters. The number of aromatic hydroxyl groups is 2. The normalized spacial score (nSPS) is 12.0. The molecule has 23 heavy (non-hydrogen) atoms. The minimum Gasteiger partial charge on any atom is -0.508 e. The van der Waals surface area contributed by atoms with Crippen molar-refractivity contribution in [1.29, 1.82) is 0 Å². The number of aromatic nitrogens is 2. The number of benzene rings is 2. The molecule has 110 valence electrons. The lowest BCUT2D eigenvalue weighted by atomic mass is 10.1. The van der Waals surface area contributed by atoms with Crippen LogP contribution in [0, 0.1) is 0 Å². The average molecular weight is 302 g/mol. The molecule has 0 atom stereocenters. The molecule has 0 fully saturated rings. The fourth-order valence-electron chi connectivity index (χ4n) is 3.43. The molecule has 2 aromatic carbocycles. The van der Waals surface area contributed by atoms with Crippen LogP contribution in [0.2, 0.25) is 0 Å². The molecule has 0 radical (unpaired) electrons. The van der Waals surface area contributed by atoms with Gasteiger partial charge < -0.3 is 10.2 Å². The van der Waals surface area contributed by atoms with E-state index in [1.807, 2.05) is 6.07 Å². The molecule has 5 heteroatoms. The summed E-state index contributed by atoms with van der Waals surface area (Å²) in [7, 11) is 0. The molecule has 0 amide bonds. The van der Waals surface area contributed by atoms with Gasteiger partial charge in [-0.1, -0.05) is 12.1 Å². The first-order valence-electron chi connectivity index (χ1n) is 7.16. The Labute approximate surface area is 129 Å². The van der Waals surface area contributed by atoms with Crippen molar-refractivity contribution in [3.8, 4) is 11.5 Å². The van der Waals surface area contributed by atoms with Gasteiger partial charge in [0.05, 0.1) is 21.9 Å². The van der Waals surface area contributed by atoms with Crippen molar-refractivity contribution in [3.63, 3.8) is 0 Å². The number of hydrogen-bond acceptors (Lipinski definition) is 4. The molecule has 0 saturated heterocycles. The third kappa shape index (κ3) is 1.36. The first-order valence-corrected chi connectivity index (χ1v) is 7.16. The summed E-state index contributed by atoms with van der Waals surface area (Å²) in [6.45, 7) is 0. The molecule has 5 aromatic rings. The Bertz CT molecular complexity index is 1300. The molecule has 0 spiro atoms. The molecule has 0 aliphatic rings. The van der Waals surface area contributed by atoms with Gasteiger partial charge in [0, 0.05) is 22.4 Å². The number of fused-ring (bicyclic) bond motifs is 5. The van der Waals surface area contributed by atoms with Crippen molar-refractivity contribution in [3.05, 3.63) is 59.0 Å². The summed E-state index contributed by atoms with van der Waals surface area (Å²) in [4.78, 5) is 17.4. The van der Waals surface area contributed by atoms with Gasteiger partial charge in [0.15, 0.2) is 0 Å². The Balaban J connectivity index is 2.28. The van der Waals surface area contributed by atoms with Crippen molar-refractivity contribution in [2.24, 2.45) is 0 Å². The highest BCUT2D eigenvalue weighted by atomic mass is 16.3. The highest BCUT2D eigenvalue weighted by Crippen LogP contribution is 2.35. The lowest BCUT2D eigenvalue weighted by Gasteiger charge is -2.06. The molecular formula is C18H10N2O3. The Morgan fingerprint density at radius 2 is 1.83 bits per heavy atom. The predicted octanol–water partition coefficient (Wildman–Crippen LogP) is 3.00. The molecule has 0 saturated carbocycles. The quantitative estimate of drug-likeness (QED) is 0.431. The van der Waals surface area contributed by atoms with E-state index >= 15 is 0 Å². The van der Waals surface area contributed by atoms with E-state index in [9.17, 15) is 15.0 Å². The number of hydrogen-bond donors (Lipinski definition) is 2. The van der Waals surface area contributed by atoms with Crippen molar-refractivity contribution in [1.82, 2.24) is 9.38 Å². The topological polar surface area (TPSA) is 74.8 Å². The van der Waals surface area contributed by atoms with Gasteiger partial charge in [-0.25, -0.2) is 0 Å². The van der Waals surface area contributed by atoms with Gasteiger partial charge in [-0.05, 0) is 30.3 Å². The van der Waals surface area contributed by atoms with Crippen molar-refractivity contribution in [2.45, 2.75) is 0 Å². The van der Waals surface area contributed by atoms with Gasteiger partial charge in [0.1, 0.15) is 11.5 Å². The number of rotatable bonds is 0. The van der Waals surface area contributed by atoms with E-state index in [1.165, 1.54) is 6.07 Å². The summed E-state index contributed by atoms with van der Waals surface area (Å²) in [6, 6.07) is 11.7. The van der Waals surface area contributed by atoms with Gasteiger partial charge in [0.2, 0.25) is 0 Å². The monoisotopic (exact) mass is 302 g/mol. The second-order valence-electron chi connectivity index (χ2n) is 5.60. The van der Waals surface area contributed by atoms with Gasteiger partial charge >= 0.3 is 0 Å². The van der Waals surface area contributed by atoms with Crippen molar-refractivity contribution < 1.29 is 10.2 Å². The minimum absolute atomic E-state index is 0.0578. The molecule has 0 aliphatic carbocycles. The Morgan fingerprint density at radius 3 is 2.70 bits per heavy atom. The van der Waals surface area contributed by atoms with Crippen molar-refractivity contribution in [2.75, 3.05) is 0 Å². The van der Waals surface area contributed by atoms with E-state index < -0.39 is 0 Å². The molecule has 3 aromatic heterocycles. The number of phenols is 2. The number of pyridine rings is 2. The van der Waals surface area contributed by atoms with Crippen LogP contribution in [0.5, 0.6) is 11.5 Å². The van der Waals surface area contributed by atoms with Crippen LogP contribution in [-0.2, 0) is 0 Å². The van der Waals surface area contributed by atoms with E-state index in [0.717, 1.165) is 10.8 Å². The second kappa shape index (κ2) is 3.89. The van der Waals surface area contributed by atoms with E-state index in [2.05, 4.69) is 4.98 Å². The SMILES string of the molecule is O=c1c2c(O)cccc2c2nccc3c4cc(O)ccc4n1c32. The lowest BCUT2D eigenvalue weighted by Crippen LogP contribution is -2.13. The Kier molecular flexibility index (Phi) is 2.07. The molecule has 5 nitrogen and oxygen atoms in total. The second-order valence-corrected chi connectivity index (χ2v) is 5.60. The fraction of sp³-hybridized carbons (Fsp3) is 0. The summed E-state index contributed by atoms with van der Waals surface area (Å²) in [6.07, 6.45) is 1.68. The zero-order valence-corrected chi connectivity index (χ0v) is 11.8. The van der Waals surface area contributed by atoms with Crippen LogP contribution >= 0.6 is 0 Å². The molecule has 5 rings (SSSR count). The maximum Gasteiger partial charge on any atom is 0.267 e. The minimum atomic E-state index is -0.288.